The van der Waals surface area contributed by atoms with Crippen LogP contribution in [-0.4, -0.2) is 148 Å². The normalized spacial score (nSPS) is 16.4. The molecule has 0 unspecified atom stereocenters. The van der Waals surface area contributed by atoms with E-state index in [1.165, 1.54) is 20.8 Å². The first-order valence-electron chi connectivity index (χ1n) is 19.4. The maximum Gasteiger partial charge on any atom is 0.326 e. The molecule has 0 aromatic heterocycles. The van der Waals surface area contributed by atoms with Gasteiger partial charge < -0.3 is 81.0 Å². The van der Waals surface area contributed by atoms with E-state index in [1.807, 2.05) is 0 Å². The number of carbonyl (C=O) groups is 7. The second-order valence-electron chi connectivity index (χ2n) is 14.5. The van der Waals surface area contributed by atoms with E-state index in [0.717, 1.165) is 0 Å². The van der Waals surface area contributed by atoms with Crippen molar-refractivity contribution in [3.63, 3.8) is 0 Å². The van der Waals surface area contributed by atoms with Crippen molar-refractivity contribution in [1.82, 2.24) is 31.9 Å². The molecule has 0 aliphatic carbocycles. The van der Waals surface area contributed by atoms with Crippen molar-refractivity contribution in [3.8, 4) is 0 Å². The molecule has 0 heterocycles. The van der Waals surface area contributed by atoms with Crippen LogP contribution in [0.25, 0.3) is 0 Å². The fourth-order valence-corrected chi connectivity index (χ4v) is 5.44. The second-order valence-corrected chi connectivity index (χ2v) is 14.5. The highest BCUT2D eigenvalue weighted by Gasteiger charge is 2.37. The van der Waals surface area contributed by atoms with Crippen molar-refractivity contribution < 1.29 is 54.0 Å². The zero-order valence-corrected chi connectivity index (χ0v) is 34.1. The molecule has 334 valence electrons. The van der Waals surface area contributed by atoms with Gasteiger partial charge in [0.2, 0.25) is 35.4 Å². The highest BCUT2D eigenvalue weighted by molar-refractivity contribution is 5.97. The van der Waals surface area contributed by atoms with Crippen LogP contribution in [-0.2, 0) is 33.6 Å². The number of nitrogens with two attached hydrogens (primary N) is 5. The average Bonchev–Trinajstić information content (AvgIpc) is 3.13. The van der Waals surface area contributed by atoms with Gasteiger partial charge in [-0.05, 0) is 84.7 Å². The molecule has 0 bridgehead atoms. The lowest BCUT2D eigenvalue weighted by molar-refractivity contribution is -0.143. The topological polar surface area (TPSA) is 415 Å². The minimum Gasteiger partial charge on any atom is -0.480 e. The molecule has 0 saturated carbocycles. The van der Waals surface area contributed by atoms with E-state index in [0.29, 0.717) is 32.2 Å². The molecule has 0 aliphatic heterocycles. The van der Waals surface area contributed by atoms with Crippen molar-refractivity contribution in [2.24, 2.45) is 39.6 Å². The molecule has 10 atom stereocenters. The summed E-state index contributed by atoms with van der Waals surface area (Å²) in [5, 5.41) is 55.1. The highest BCUT2D eigenvalue weighted by atomic mass is 16.4. The molecule has 0 radical (unpaired) electrons. The van der Waals surface area contributed by atoms with Gasteiger partial charge in [-0.1, -0.05) is 20.3 Å². The second kappa shape index (κ2) is 27.9. The van der Waals surface area contributed by atoms with Crippen LogP contribution < -0.4 is 60.6 Å². The number of carbonyl (C=O) groups excluding carboxylic acids is 6. The number of hydrogen-bond acceptors (Lipinski definition) is 14. The SMILES string of the molecule is CC(C)[C@H](NC(=O)[C@H](CCCCN)NC(=O)[C@@H](NC(=O)[C@@H](NC(=O)[C@@H](N)CCCCN)[C@@H](C)O)[C@@H](C)O)C(=O)N[C@H](C(=O)N[C@@H](CCCN=C(N)N)C(=O)O)[C@@H](C)O. The van der Waals surface area contributed by atoms with Crippen LogP contribution >= 0.6 is 0 Å². The van der Waals surface area contributed by atoms with E-state index in [-0.39, 0.29) is 44.7 Å². The van der Waals surface area contributed by atoms with Crippen LogP contribution in [0.3, 0.4) is 0 Å². The predicted molar refractivity (Wildman–Crippen MR) is 213 cm³/mol. The molecule has 0 aromatic carbocycles. The van der Waals surface area contributed by atoms with Crippen molar-refractivity contribution in [3.05, 3.63) is 0 Å². The van der Waals surface area contributed by atoms with Crippen LogP contribution in [0.15, 0.2) is 4.99 Å². The molecule has 0 fully saturated rings. The Morgan fingerprint density at radius 1 is 0.517 bits per heavy atom. The van der Waals surface area contributed by atoms with Crippen LogP contribution in [0.5, 0.6) is 0 Å². The fourth-order valence-electron chi connectivity index (χ4n) is 5.44. The lowest BCUT2D eigenvalue weighted by atomic mass is 10.00. The summed E-state index contributed by atoms with van der Waals surface area (Å²) in [5.74, 6) is -7.80. The summed E-state index contributed by atoms with van der Waals surface area (Å²) in [6, 6.07) is -10.0. The van der Waals surface area contributed by atoms with Gasteiger partial charge in [0.15, 0.2) is 5.96 Å². The lowest BCUT2D eigenvalue weighted by Crippen LogP contribution is -2.63. The fraction of sp³-hybridized carbons (Fsp3) is 0.771. The Labute approximate surface area is 338 Å². The summed E-state index contributed by atoms with van der Waals surface area (Å²) >= 11 is 0. The Morgan fingerprint density at radius 3 is 1.31 bits per heavy atom. The average molecular weight is 833 g/mol. The van der Waals surface area contributed by atoms with E-state index >= 15 is 0 Å². The number of carboxylic acid groups (broad SMARTS) is 1. The van der Waals surface area contributed by atoms with Crippen LogP contribution in [0.1, 0.15) is 86.0 Å². The minimum atomic E-state index is -1.69. The molecule has 0 rings (SSSR count). The van der Waals surface area contributed by atoms with Crippen molar-refractivity contribution in [2.75, 3.05) is 19.6 Å². The molecule has 0 aliphatic rings. The van der Waals surface area contributed by atoms with Crippen LogP contribution in [0.4, 0.5) is 0 Å². The van der Waals surface area contributed by atoms with Gasteiger partial charge >= 0.3 is 5.97 Å². The molecule has 0 aromatic rings. The third kappa shape index (κ3) is 20.1. The van der Waals surface area contributed by atoms with E-state index in [9.17, 15) is 54.0 Å². The zero-order valence-electron chi connectivity index (χ0n) is 34.1. The van der Waals surface area contributed by atoms with Gasteiger partial charge in [-0.15, -0.1) is 0 Å². The predicted octanol–water partition coefficient (Wildman–Crippen LogP) is -5.58. The van der Waals surface area contributed by atoms with Crippen LogP contribution in [0.2, 0.25) is 0 Å². The van der Waals surface area contributed by atoms with Gasteiger partial charge in [-0.25, -0.2) is 4.79 Å². The summed E-state index contributed by atoms with van der Waals surface area (Å²) in [6.07, 6.45) is -2.24. The van der Waals surface area contributed by atoms with E-state index in [1.54, 1.807) is 13.8 Å². The molecular weight excluding hydrogens is 764 g/mol. The first kappa shape index (κ1) is 53.3. The molecule has 0 saturated heterocycles. The molecule has 0 spiro atoms. The molecule has 6 amide bonds. The third-order valence-corrected chi connectivity index (χ3v) is 8.88. The monoisotopic (exact) mass is 833 g/mol. The zero-order chi connectivity index (χ0) is 44.7. The standard InChI is InChI=1S/C35H68N12O11/c1-17(2)24(30(53)46-26(19(4)49)32(55)43-23(34(57)58)13-10-16-41-35(39)40)44-29(52)22(12-7-9-15-37)42-31(54)25(18(3)48)47-33(56)27(20(5)50)45-28(51)21(38)11-6-8-14-36/h17-27,48-50H,6-16,36-38H2,1-5H3,(H,42,54)(H,43,55)(H,44,52)(H,45,51)(H,46,53)(H,47,56)(H,57,58)(H4,39,40,41)/t18-,19-,20-,21+,22+,23+,24+,25+,26+,27+/m1/s1. The lowest BCUT2D eigenvalue weighted by Gasteiger charge is -2.30. The van der Waals surface area contributed by atoms with E-state index in [4.69, 9.17) is 28.7 Å². The van der Waals surface area contributed by atoms with Gasteiger partial charge in [0.25, 0.3) is 0 Å². The van der Waals surface area contributed by atoms with Gasteiger partial charge in [-0.3, -0.25) is 33.8 Å². The number of nitrogens with zero attached hydrogens (tertiary/aromatic N) is 1. The number of aliphatic hydroxyl groups excluding tert-OH is 3. The van der Waals surface area contributed by atoms with Crippen molar-refractivity contribution in [2.45, 2.75) is 147 Å². The Kier molecular flexibility index (Phi) is 25.6. The number of unbranched alkanes of at least 4 members (excludes halogenated alkanes) is 2. The number of guanidine groups is 1. The van der Waals surface area contributed by atoms with Gasteiger partial charge in [0.05, 0.1) is 24.4 Å². The van der Waals surface area contributed by atoms with Crippen molar-refractivity contribution in [1.29, 1.82) is 0 Å². The summed E-state index contributed by atoms with van der Waals surface area (Å²) in [7, 11) is 0. The van der Waals surface area contributed by atoms with Crippen molar-refractivity contribution >= 4 is 47.4 Å². The Bertz CT molecular complexity index is 1360. The maximum absolute atomic E-state index is 13.7. The highest BCUT2D eigenvalue weighted by Crippen LogP contribution is 2.10. The molecule has 20 N–H and O–H groups in total. The Hall–Kier alpha value is -4.68. The van der Waals surface area contributed by atoms with Crippen LogP contribution in [0, 0.1) is 5.92 Å². The summed E-state index contributed by atoms with van der Waals surface area (Å²) in [4.78, 5) is 95.4. The van der Waals surface area contributed by atoms with E-state index < -0.39 is 108 Å². The number of carboxylic acids is 1. The summed E-state index contributed by atoms with van der Waals surface area (Å²) in [6.45, 7) is 7.49. The van der Waals surface area contributed by atoms with Gasteiger partial charge in [0, 0.05) is 6.54 Å². The van der Waals surface area contributed by atoms with Gasteiger partial charge in [-0.2, -0.15) is 0 Å². The third-order valence-electron chi connectivity index (χ3n) is 8.88. The smallest absolute Gasteiger partial charge is 0.326 e. The molecular formula is C35H68N12O11. The molecule has 23 heteroatoms. The largest absolute Gasteiger partial charge is 0.480 e. The Balaban J connectivity index is 6.09. The first-order valence-corrected chi connectivity index (χ1v) is 19.4. The number of rotatable bonds is 29. The minimum absolute atomic E-state index is 0.00541. The quantitative estimate of drug-likeness (QED) is 0.0190. The number of hydrogen-bond donors (Lipinski definition) is 15. The number of nitrogens with one attached hydrogen (secondary N) is 6. The maximum atomic E-state index is 13.7. The van der Waals surface area contributed by atoms with Gasteiger partial charge in [0.1, 0.15) is 36.3 Å². The number of aliphatic carboxylic acids is 1. The number of aliphatic imine (C=N–C) groups is 1. The summed E-state index contributed by atoms with van der Waals surface area (Å²) < 4.78 is 0. The Morgan fingerprint density at radius 2 is 0.897 bits per heavy atom. The van der Waals surface area contributed by atoms with E-state index in [2.05, 4.69) is 36.9 Å². The molecule has 23 nitrogen and oxygen atoms in total. The summed E-state index contributed by atoms with van der Waals surface area (Å²) in [5.41, 5.74) is 27.6. The number of amides is 6. The molecule has 58 heavy (non-hydrogen) atoms. The number of aliphatic hydroxyl groups is 3. The first-order chi connectivity index (χ1) is 27.1.